The second kappa shape index (κ2) is 7.45. The minimum Gasteiger partial charge on any atom is -0.329 e. The molecule has 0 radical (unpaired) electrons. The minimum absolute atomic E-state index is 0.0908. The number of hydrogen-bond acceptors (Lipinski definition) is 4. The predicted molar refractivity (Wildman–Crippen MR) is 105 cm³/mol. The van der Waals surface area contributed by atoms with Crippen LogP contribution >= 0.6 is 11.8 Å². The van der Waals surface area contributed by atoms with Crippen molar-refractivity contribution in [3.05, 3.63) is 60.9 Å². The SMILES string of the molecule is CSc1ccc(-c2c(-c3ccccc3)ncn2CCS(C)(=O)=O)cc1. The van der Waals surface area contributed by atoms with Crippen LogP contribution in [0.2, 0.25) is 0 Å². The molecule has 1 heterocycles. The number of rotatable bonds is 6. The normalized spacial score (nSPS) is 11.6. The van der Waals surface area contributed by atoms with Gasteiger partial charge in [-0.1, -0.05) is 42.5 Å². The van der Waals surface area contributed by atoms with Crippen LogP contribution in [0.25, 0.3) is 22.5 Å². The van der Waals surface area contributed by atoms with Gasteiger partial charge in [-0.2, -0.15) is 0 Å². The highest BCUT2D eigenvalue weighted by Gasteiger charge is 2.16. The Morgan fingerprint density at radius 2 is 1.68 bits per heavy atom. The van der Waals surface area contributed by atoms with Crippen molar-refractivity contribution in [3.63, 3.8) is 0 Å². The van der Waals surface area contributed by atoms with Crippen LogP contribution in [0.5, 0.6) is 0 Å². The average molecular weight is 373 g/mol. The first kappa shape index (κ1) is 17.8. The van der Waals surface area contributed by atoms with E-state index in [2.05, 4.69) is 29.2 Å². The molecular formula is C19H20N2O2S2. The van der Waals surface area contributed by atoms with Gasteiger partial charge in [0.25, 0.3) is 0 Å². The van der Waals surface area contributed by atoms with Crippen LogP contribution in [-0.4, -0.2) is 36.2 Å². The Hall–Kier alpha value is -2.05. The topological polar surface area (TPSA) is 52.0 Å². The van der Waals surface area contributed by atoms with Gasteiger partial charge < -0.3 is 4.57 Å². The fourth-order valence-corrected chi connectivity index (χ4v) is 3.61. The van der Waals surface area contributed by atoms with Crippen molar-refractivity contribution in [2.24, 2.45) is 0 Å². The molecule has 25 heavy (non-hydrogen) atoms. The maximum Gasteiger partial charge on any atom is 0.149 e. The lowest BCUT2D eigenvalue weighted by Gasteiger charge is -2.11. The number of hydrogen-bond donors (Lipinski definition) is 0. The molecule has 6 heteroatoms. The van der Waals surface area contributed by atoms with Gasteiger partial charge in [0.2, 0.25) is 0 Å². The molecule has 0 atom stereocenters. The molecule has 0 aliphatic carbocycles. The van der Waals surface area contributed by atoms with Crippen LogP contribution < -0.4 is 0 Å². The van der Waals surface area contributed by atoms with E-state index in [4.69, 9.17) is 0 Å². The Labute approximate surface area is 152 Å². The number of aromatic nitrogens is 2. The summed E-state index contributed by atoms with van der Waals surface area (Å²) in [5.74, 6) is 0.0908. The summed E-state index contributed by atoms with van der Waals surface area (Å²) in [6, 6.07) is 18.2. The summed E-state index contributed by atoms with van der Waals surface area (Å²) >= 11 is 1.69. The van der Waals surface area contributed by atoms with Crippen molar-refractivity contribution < 1.29 is 8.42 Å². The third kappa shape index (κ3) is 4.32. The van der Waals surface area contributed by atoms with Crippen LogP contribution in [0.15, 0.2) is 65.8 Å². The quantitative estimate of drug-likeness (QED) is 0.614. The van der Waals surface area contributed by atoms with Gasteiger partial charge >= 0.3 is 0 Å². The molecular weight excluding hydrogens is 352 g/mol. The lowest BCUT2D eigenvalue weighted by atomic mass is 10.0. The van der Waals surface area contributed by atoms with E-state index in [0.717, 1.165) is 22.5 Å². The molecule has 0 aliphatic heterocycles. The van der Waals surface area contributed by atoms with Crippen molar-refractivity contribution in [2.75, 3.05) is 18.3 Å². The first-order valence-electron chi connectivity index (χ1n) is 7.90. The van der Waals surface area contributed by atoms with Gasteiger partial charge in [-0.05, 0) is 18.4 Å². The molecule has 0 saturated carbocycles. The fourth-order valence-electron chi connectivity index (χ4n) is 2.67. The Bertz CT molecular complexity index is 947. The number of thioether (sulfide) groups is 1. The Kier molecular flexibility index (Phi) is 5.30. The fraction of sp³-hybridized carbons (Fsp3) is 0.211. The maximum absolute atomic E-state index is 11.6. The van der Waals surface area contributed by atoms with E-state index in [0.29, 0.717) is 6.54 Å². The molecule has 0 aliphatic rings. The summed E-state index contributed by atoms with van der Waals surface area (Å²) in [5.41, 5.74) is 3.86. The maximum atomic E-state index is 11.6. The van der Waals surface area contributed by atoms with Crippen LogP contribution in [-0.2, 0) is 16.4 Å². The second-order valence-electron chi connectivity index (χ2n) is 5.86. The van der Waals surface area contributed by atoms with Gasteiger partial charge in [0.1, 0.15) is 9.84 Å². The first-order valence-corrected chi connectivity index (χ1v) is 11.2. The molecule has 0 spiro atoms. The van der Waals surface area contributed by atoms with Gasteiger partial charge in [0.15, 0.2) is 0 Å². The van der Waals surface area contributed by atoms with Gasteiger partial charge in [-0.3, -0.25) is 0 Å². The van der Waals surface area contributed by atoms with E-state index in [-0.39, 0.29) is 5.75 Å². The van der Waals surface area contributed by atoms with E-state index in [1.54, 1.807) is 18.1 Å². The standard InChI is InChI=1S/C19H20N2O2S2/c1-24-17-10-8-16(9-11-17)19-18(15-6-4-3-5-7-15)20-14-21(19)12-13-25(2,22)23/h3-11,14H,12-13H2,1-2H3. The highest BCUT2D eigenvalue weighted by molar-refractivity contribution is 7.98. The van der Waals surface area contributed by atoms with E-state index >= 15 is 0 Å². The highest BCUT2D eigenvalue weighted by Crippen LogP contribution is 2.32. The largest absolute Gasteiger partial charge is 0.329 e. The zero-order valence-corrected chi connectivity index (χ0v) is 15.8. The van der Waals surface area contributed by atoms with Gasteiger partial charge in [-0.15, -0.1) is 11.8 Å². The van der Waals surface area contributed by atoms with Crippen molar-refractivity contribution in [1.82, 2.24) is 9.55 Å². The number of nitrogens with zero attached hydrogens (tertiary/aromatic N) is 2. The van der Waals surface area contributed by atoms with Crippen molar-refractivity contribution >= 4 is 21.6 Å². The molecule has 1 aromatic heterocycles. The Balaban J connectivity index is 2.08. The number of imidazole rings is 1. The average Bonchev–Trinajstić information content (AvgIpc) is 3.04. The molecule has 4 nitrogen and oxygen atoms in total. The Morgan fingerprint density at radius 3 is 2.28 bits per heavy atom. The van der Waals surface area contributed by atoms with E-state index in [1.807, 2.05) is 41.2 Å². The lowest BCUT2D eigenvalue weighted by molar-refractivity contribution is 0.595. The second-order valence-corrected chi connectivity index (χ2v) is 9.00. The summed E-state index contributed by atoms with van der Waals surface area (Å²) in [6.07, 6.45) is 5.03. The molecule has 0 fully saturated rings. The smallest absolute Gasteiger partial charge is 0.149 e. The third-order valence-electron chi connectivity index (χ3n) is 3.95. The van der Waals surface area contributed by atoms with Crippen molar-refractivity contribution in [3.8, 4) is 22.5 Å². The zero-order chi connectivity index (χ0) is 17.9. The minimum atomic E-state index is -3.04. The summed E-state index contributed by atoms with van der Waals surface area (Å²) in [5, 5.41) is 0. The molecule has 130 valence electrons. The summed E-state index contributed by atoms with van der Waals surface area (Å²) in [4.78, 5) is 5.76. The van der Waals surface area contributed by atoms with E-state index in [1.165, 1.54) is 11.2 Å². The zero-order valence-electron chi connectivity index (χ0n) is 14.2. The van der Waals surface area contributed by atoms with Crippen LogP contribution in [0.4, 0.5) is 0 Å². The van der Waals surface area contributed by atoms with Gasteiger partial charge in [-0.25, -0.2) is 13.4 Å². The predicted octanol–water partition coefficient (Wildman–Crippen LogP) is 3.98. The summed E-state index contributed by atoms with van der Waals surface area (Å²) < 4.78 is 25.1. The Morgan fingerprint density at radius 1 is 1.00 bits per heavy atom. The molecule has 0 amide bonds. The van der Waals surface area contributed by atoms with Crippen LogP contribution in [0.3, 0.4) is 0 Å². The summed E-state index contributed by atoms with van der Waals surface area (Å²) in [7, 11) is -3.04. The van der Waals surface area contributed by atoms with Crippen LogP contribution in [0.1, 0.15) is 0 Å². The number of sulfone groups is 1. The monoisotopic (exact) mass is 372 g/mol. The molecule has 0 saturated heterocycles. The molecule has 0 bridgehead atoms. The van der Waals surface area contributed by atoms with Gasteiger partial charge in [0, 0.05) is 28.8 Å². The third-order valence-corrected chi connectivity index (χ3v) is 5.62. The molecule has 0 N–H and O–H groups in total. The number of aryl methyl sites for hydroxylation is 1. The molecule has 3 rings (SSSR count). The van der Waals surface area contributed by atoms with E-state index < -0.39 is 9.84 Å². The highest BCUT2D eigenvalue weighted by atomic mass is 32.2. The van der Waals surface area contributed by atoms with Gasteiger partial charge in [0.05, 0.1) is 23.5 Å². The van der Waals surface area contributed by atoms with Crippen LogP contribution in [0, 0.1) is 0 Å². The summed E-state index contributed by atoms with van der Waals surface area (Å²) in [6.45, 7) is 0.387. The lowest BCUT2D eigenvalue weighted by Crippen LogP contribution is -2.11. The molecule has 3 aromatic rings. The molecule has 2 aromatic carbocycles. The van der Waals surface area contributed by atoms with E-state index in [9.17, 15) is 8.42 Å². The van der Waals surface area contributed by atoms with Crippen molar-refractivity contribution in [2.45, 2.75) is 11.4 Å². The molecule has 0 unspecified atom stereocenters. The first-order chi connectivity index (χ1) is 12.0. The van der Waals surface area contributed by atoms with Crippen molar-refractivity contribution in [1.29, 1.82) is 0 Å². The number of benzene rings is 2.